The van der Waals surface area contributed by atoms with Gasteiger partial charge in [0.1, 0.15) is 0 Å². The molecule has 3 rings (SSSR count). The van der Waals surface area contributed by atoms with Crippen molar-refractivity contribution >= 4 is 5.91 Å². The van der Waals surface area contributed by atoms with Gasteiger partial charge in [0, 0.05) is 18.7 Å². The average molecular weight is 349 g/mol. The number of carbonyl (C=O) groups excluding carboxylic acids is 1. The fourth-order valence-corrected chi connectivity index (χ4v) is 3.45. The predicted octanol–water partition coefficient (Wildman–Crippen LogP) is 3.49. The first kappa shape index (κ1) is 18.3. The molecule has 1 aliphatic heterocycles. The van der Waals surface area contributed by atoms with Gasteiger partial charge in [-0.1, -0.05) is 42.0 Å². The Kier molecular flexibility index (Phi) is 6.18. The number of nitrogens with zero attached hydrogens (tertiary/aromatic N) is 2. The van der Waals surface area contributed by atoms with Crippen molar-refractivity contribution in [3.8, 4) is 0 Å². The standard InChI is InChI=1S/C22H27N3O/c1-3-14-25-15-11-19(12-16-25)22(26)24-21(20-6-4-5-13-23-20)18-9-7-17(2)8-10-18/h3-10,13,19,21H,1,11-12,14-16H2,2H3,(H,24,26). The summed E-state index contributed by atoms with van der Waals surface area (Å²) in [6, 6.07) is 13.9. The van der Waals surface area contributed by atoms with E-state index in [1.54, 1.807) is 6.20 Å². The highest BCUT2D eigenvalue weighted by Crippen LogP contribution is 2.23. The molecule has 1 aromatic carbocycles. The van der Waals surface area contributed by atoms with E-state index in [-0.39, 0.29) is 17.9 Å². The quantitative estimate of drug-likeness (QED) is 0.812. The van der Waals surface area contributed by atoms with Crippen molar-refractivity contribution in [1.29, 1.82) is 0 Å². The Balaban J connectivity index is 1.73. The number of aromatic nitrogens is 1. The summed E-state index contributed by atoms with van der Waals surface area (Å²) >= 11 is 0. The molecule has 4 nitrogen and oxygen atoms in total. The van der Waals surface area contributed by atoms with Crippen molar-refractivity contribution in [2.24, 2.45) is 5.92 Å². The van der Waals surface area contributed by atoms with E-state index in [1.165, 1.54) is 5.56 Å². The van der Waals surface area contributed by atoms with E-state index in [0.29, 0.717) is 0 Å². The molecule has 0 spiro atoms. The van der Waals surface area contributed by atoms with E-state index in [9.17, 15) is 4.79 Å². The summed E-state index contributed by atoms with van der Waals surface area (Å²) in [5.74, 6) is 0.187. The van der Waals surface area contributed by atoms with Gasteiger partial charge < -0.3 is 5.32 Å². The first-order chi connectivity index (χ1) is 12.7. The maximum Gasteiger partial charge on any atom is 0.224 e. The monoisotopic (exact) mass is 349 g/mol. The van der Waals surface area contributed by atoms with Gasteiger partial charge in [-0.2, -0.15) is 0 Å². The number of pyridine rings is 1. The van der Waals surface area contributed by atoms with E-state index in [0.717, 1.165) is 43.7 Å². The summed E-state index contributed by atoms with van der Waals surface area (Å²) < 4.78 is 0. The molecule has 0 aliphatic carbocycles. The second-order valence-corrected chi connectivity index (χ2v) is 6.97. The minimum Gasteiger partial charge on any atom is -0.343 e. The number of aryl methyl sites for hydroxylation is 1. The van der Waals surface area contributed by atoms with Crippen LogP contribution >= 0.6 is 0 Å². The van der Waals surface area contributed by atoms with Crippen molar-refractivity contribution in [3.63, 3.8) is 0 Å². The van der Waals surface area contributed by atoms with Gasteiger partial charge in [0.25, 0.3) is 0 Å². The summed E-state index contributed by atoms with van der Waals surface area (Å²) in [7, 11) is 0. The molecule has 0 saturated carbocycles. The van der Waals surface area contributed by atoms with E-state index < -0.39 is 0 Å². The molecule has 4 heteroatoms. The molecule has 26 heavy (non-hydrogen) atoms. The molecule has 2 aromatic rings. The molecule has 2 heterocycles. The Morgan fingerprint density at radius 2 is 2.00 bits per heavy atom. The lowest BCUT2D eigenvalue weighted by Gasteiger charge is -2.31. The van der Waals surface area contributed by atoms with Crippen LogP contribution in [0.3, 0.4) is 0 Å². The molecule has 1 saturated heterocycles. The van der Waals surface area contributed by atoms with Gasteiger partial charge in [0.2, 0.25) is 5.91 Å². The summed E-state index contributed by atoms with van der Waals surface area (Å²) in [5.41, 5.74) is 3.13. The Hall–Kier alpha value is -2.46. The van der Waals surface area contributed by atoms with E-state index >= 15 is 0 Å². The molecule has 1 atom stereocenters. The smallest absolute Gasteiger partial charge is 0.224 e. The maximum atomic E-state index is 12.9. The second-order valence-electron chi connectivity index (χ2n) is 6.97. The van der Waals surface area contributed by atoms with Crippen LogP contribution in [0, 0.1) is 12.8 Å². The lowest BCUT2D eigenvalue weighted by Crippen LogP contribution is -2.41. The van der Waals surface area contributed by atoms with Crippen LogP contribution in [0.2, 0.25) is 0 Å². The molecule has 1 aliphatic rings. The van der Waals surface area contributed by atoms with Crippen molar-refractivity contribution in [1.82, 2.24) is 15.2 Å². The van der Waals surface area contributed by atoms with Gasteiger partial charge in [-0.05, 0) is 50.6 Å². The highest BCUT2D eigenvalue weighted by molar-refractivity contribution is 5.79. The highest BCUT2D eigenvalue weighted by Gasteiger charge is 2.27. The third-order valence-corrected chi connectivity index (χ3v) is 5.03. The zero-order valence-corrected chi connectivity index (χ0v) is 15.4. The minimum absolute atomic E-state index is 0.0627. The lowest BCUT2D eigenvalue weighted by molar-refractivity contribution is -0.126. The van der Waals surface area contributed by atoms with Crippen LogP contribution in [-0.2, 0) is 4.79 Å². The number of rotatable bonds is 6. The average Bonchev–Trinajstić information content (AvgIpc) is 2.68. The van der Waals surface area contributed by atoms with Gasteiger partial charge in [0.15, 0.2) is 0 Å². The van der Waals surface area contributed by atoms with Crippen LogP contribution in [0.25, 0.3) is 0 Å². The number of benzene rings is 1. The van der Waals surface area contributed by atoms with Gasteiger partial charge in [-0.15, -0.1) is 6.58 Å². The number of likely N-dealkylation sites (tertiary alicyclic amines) is 1. The molecule has 1 unspecified atom stereocenters. The number of nitrogens with one attached hydrogen (secondary N) is 1. The molecular formula is C22H27N3O. The third-order valence-electron chi connectivity index (χ3n) is 5.03. The SMILES string of the molecule is C=CCN1CCC(C(=O)NC(c2ccc(C)cc2)c2ccccn2)CC1. The highest BCUT2D eigenvalue weighted by atomic mass is 16.2. The van der Waals surface area contributed by atoms with E-state index in [1.807, 2.05) is 24.3 Å². The van der Waals surface area contributed by atoms with Gasteiger partial charge in [-0.25, -0.2) is 0 Å². The largest absolute Gasteiger partial charge is 0.343 e. The zero-order valence-electron chi connectivity index (χ0n) is 15.4. The zero-order chi connectivity index (χ0) is 18.4. The Morgan fingerprint density at radius 3 is 2.62 bits per heavy atom. The lowest BCUT2D eigenvalue weighted by atomic mass is 9.94. The minimum atomic E-state index is -0.212. The fourth-order valence-electron chi connectivity index (χ4n) is 3.45. The van der Waals surface area contributed by atoms with Crippen molar-refractivity contribution < 1.29 is 4.79 Å². The summed E-state index contributed by atoms with van der Waals surface area (Å²) in [6.45, 7) is 8.65. The first-order valence-corrected chi connectivity index (χ1v) is 9.28. The summed E-state index contributed by atoms with van der Waals surface area (Å²) in [5, 5.41) is 3.25. The number of piperidine rings is 1. The van der Waals surface area contributed by atoms with Crippen LogP contribution in [-0.4, -0.2) is 35.4 Å². The third kappa shape index (κ3) is 4.58. The predicted molar refractivity (Wildman–Crippen MR) is 105 cm³/mol. The number of amides is 1. The van der Waals surface area contributed by atoms with Crippen molar-refractivity contribution in [3.05, 3.63) is 78.1 Å². The summed E-state index contributed by atoms with van der Waals surface area (Å²) in [4.78, 5) is 19.7. The molecule has 1 aromatic heterocycles. The maximum absolute atomic E-state index is 12.9. The van der Waals surface area contributed by atoms with Crippen LogP contribution in [0.15, 0.2) is 61.3 Å². The molecule has 136 valence electrons. The number of carbonyl (C=O) groups is 1. The molecular weight excluding hydrogens is 322 g/mol. The Morgan fingerprint density at radius 1 is 1.27 bits per heavy atom. The second kappa shape index (κ2) is 8.77. The molecule has 1 N–H and O–H groups in total. The molecule has 1 fully saturated rings. The van der Waals surface area contributed by atoms with Crippen LogP contribution < -0.4 is 5.32 Å². The number of hydrogen-bond donors (Lipinski definition) is 1. The topological polar surface area (TPSA) is 45.2 Å². The Labute approximate surface area is 155 Å². The molecule has 0 bridgehead atoms. The van der Waals surface area contributed by atoms with Crippen LogP contribution in [0.5, 0.6) is 0 Å². The van der Waals surface area contributed by atoms with E-state index in [4.69, 9.17) is 0 Å². The van der Waals surface area contributed by atoms with Crippen LogP contribution in [0.1, 0.15) is 35.7 Å². The Bertz CT molecular complexity index is 719. The van der Waals surface area contributed by atoms with Gasteiger partial charge in [0.05, 0.1) is 11.7 Å². The van der Waals surface area contributed by atoms with E-state index in [2.05, 4.69) is 53.0 Å². The van der Waals surface area contributed by atoms with Crippen molar-refractivity contribution in [2.45, 2.75) is 25.8 Å². The van der Waals surface area contributed by atoms with Gasteiger partial charge in [-0.3, -0.25) is 14.7 Å². The number of hydrogen-bond acceptors (Lipinski definition) is 3. The van der Waals surface area contributed by atoms with Crippen LogP contribution in [0.4, 0.5) is 0 Å². The molecule has 1 amide bonds. The van der Waals surface area contributed by atoms with Crippen molar-refractivity contribution in [2.75, 3.05) is 19.6 Å². The normalized spacial score (nSPS) is 16.8. The molecule has 0 radical (unpaired) electrons. The van der Waals surface area contributed by atoms with Gasteiger partial charge >= 0.3 is 0 Å². The first-order valence-electron chi connectivity index (χ1n) is 9.28. The fraction of sp³-hybridized carbons (Fsp3) is 0.364. The summed E-state index contributed by atoms with van der Waals surface area (Å²) in [6.07, 6.45) is 5.48.